The van der Waals surface area contributed by atoms with Gasteiger partial charge in [-0.15, -0.1) is 10.2 Å². The van der Waals surface area contributed by atoms with E-state index in [0.29, 0.717) is 11.8 Å². The van der Waals surface area contributed by atoms with Gasteiger partial charge in [0.05, 0.1) is 12.0 Å². The maximum absolute atomic E-state index is 5.62. The lowest BCUT2D eigenvalue weighted by atomic mass is 9.77. The summed E-state index contributed by atoms with van der Waals surface area (Å²) in [7, 11) is 1.77. The molecule has 5 nitrogen and oxygen atoms in total. The fourth-order valence-electron chi connectivity index (χ4n) is 2.13. The first-order valence-corrected chi connectivity index (χ1v) is 6.35. The third kappa shape index (κ3) is 3.04. The minimum Gasteiger partial charge on any atom is -0.425 e. The third-order valence-electron chi connectivity index (χ3n) is 3.45. The normalized spacial score (nSPS) is 18.0. The Bertz CT molecular complexity index is 342. The molecule has 96 valence electrons. The van der Waals surface area contributed by atoms with Gasteiger partial charge in [0.1, 0.15) is 0 Å². The zero-order chi connectivity index (χ0) is 12.1. The number of nitrogens with zero attached hydrogens (tertiary/aromatic N) is 2. The van der Waals surface area contributed by atoms with Gasteiger partial charge in [0.15, 0.2) is 0 Å². The van der Waals surface area contributed by atoms with Crippen molar-refractivity contribution in [2.45, 2.75) is 44.6 Å². The van der Waals surface area contributed by atoms with Crippen molar-refractivity contribution in [1.82, 2.24) is 15.5 Å². The summed E-state index contributed by atoms with van der Waals surface area (Å²) >= 11 is 0. The van der Waals surface area contributed by atoms with E-state index in [2.05, 4.69) is 22.4 Å². The fourth-order valence-corrected chi connectivity index (χ4v) is 2.13. The number of rotatable bonds is 7. The van der Waals surface area contributed by atoms with Crippen molar-refractivity contribution in [3.8, 4) is 0 Å². The van der Waals surface area contributed by atoms with Crippen molar-refractivity contribution >= 4 is 0 Å². The van der Waals surface area contributed by atoms with Crippen molar-refractivity contribution in [1.29, 1.82) is 0 Å². The van der Waals surface area contributed by atoms with Gasteiger partial charge in [-0.2, -0.15) is 0 Å². The lowest BCUT2D eigenvalue weighted by molar-refractivity contribution is -0.0746. The number of methoxy groups -OCH3 is 1. The zero-order valence-corrected chi connectivity index (χ0v) is 10.7. The Morgan fingerprint density at radius 1 is 1.35 bits per heavy atom. The second kappa shape index (κ2) is 5.60. The second-order valence-corrected chi connectivity index (χ2v) is 4.61. The monoisotopic (exact) mass is 239 g/mol. The van der Waals surface area contributed by atoms with E-state index in [1.54, 1.807) is 7.11 Å². The SMILES string of the molecule is CCNCCc1nnc(CC2(OC)CCC2)o1. The highest BCUT2D eigenvalue weighted by molar-refractivity contribution is 4.97. The van der Waals surface area contributed by atoms with Crippen LogP contribution in [0.4, 0.5) is 0 Å². The minimum absolute atomic E-state index is 0.0362. The number of hydrogen-bond donors (Lipinski definition) is 1. The van der Waals surface area contributed by atoms with Crippen LogP contribution in [0, 0.1) is 0 Å². The van der Waals surface area contributed by atoms with Gasteiger partial charge in [-0.3, -0.25) is 0 Å². The second-order valence-electron chi connectivity index (χ2n) is 4.61. The smallest absolute Gasteiger partial charge is 0.219 e. The number of nitrogens with one attached hydrogen (secondary N) is 1. The van der Waals surface area contributed by atoms with E-state index in [-0.39, 0.29) is 5.60 Å². The van der Waals surface area contributed by atoms with Crippen molar-refractivity contribution in [3.63, 3.8) is 0 Å². The molecular weight excluding hydrogens is 218 g/mol. The predicted molar refractivity (Wildman–Crippen MR) is 63.8 cm³/mol. The lowest BCUT2D eigenvalue weighted by Gasteiger charge is -2.39. The predicted octanol–water partition coefficient (Wildman–Crippen LogP) is 1.33. The largest absolute Gasteiger partial charge is 0.425 e. The molecular formula is C12H21N3O2. The van der Waals surface area contributed by atoms with E-state index in [0.717, 1.165) is 38.8 Å². The lowest BCUT2D eigenvalue weighted by Crippen LogP contribution is -2.41. The Balaban J connectivity index is 1.85. The summed E-state index contributed by atoms with van der Waals surface area (Å²) in [4.78, 5) is 0. The molecule has 1 aromatic heterocycles. The van der Waals surface area contributed by atoms with Gasteiger partial charge in [-0.05, 0) is 25.8 Å². The summed E-state index contributed by atoms with van der Waals surface area (Å²) in [5.74, 6) is 1.42. The summed E-state index contributed by atoms with van der Waals surface area (Å²) in [6.45, 7) is 3.93. The molecule has 1 aliphatic carbocycles. The van der Waals surface area contributed by atoms with Gasteiger partial charge in [-0.25, -0.2) is 0 Å². The maximum Gasteiger partial charge on any atom is 0.219 e. The average molecular weight is 239 g/mol. The third-order valence-corrected chi connectivity index (χ3v) is 3.45. The fraction of sp³-hybridized carbons (Fsp3) is 0.833. The highest BCUT2D eigenvalue weighted by Gasteiger charge is 2.38. The Morgan fingerprint density at radius 3 is 2.71 bits per heavy atom. The first-order chi connectivity index (χ1) is 8.28. The van der Waals surface area contributed by atoms with Crippen molar-refractivity contribution < 1.29 is 9.15 Å². The summed E-state index contributed by atoms with van der Waals surface area (Å²) in [6.07, 6.45) is 4.96. The van der Waals surface area contributed by atoms with E-state index >= 15 is 0 Å². The zero-order valence-electron chi connectivity index (χ0n) is 10.7. The average Bonchev–Trinajstić information content (AvgIpc) is 2.72. The summed E-state index contributed by atoms with van der Waals surface area (Å²) in [6, 6.07) is 0. The van der Waals surface area contributed by atoms with Crippen LogP contribution in [-0.4, -0.2) is 36.0 Å². The number of likely N-dealkylation sites (N-methyl/N-ethyl adjacent to an activating group) is 1. The molecule has 0 radical (unpaired) electrons. The topological polar surface area (TPSA) is 60.2 Å². The molecule has 0 aliphatic heterocycles. The highest BCUT2D eigenvalue weighted by Crippen LogP contribution is 2.37. The van der Waals surface area contributed by atoms with Gasteiger partial charge in [0.2, 0.25) is 11.8 Å². The first-order valence-electron chi connectivity index (χ1n) is 6.35. The van der Waals surface area contributed by atoms with Crippen LogP contribution in [0.1, 0.15) is 38.0 Å². The summed E-state index contributed by atoms with van der Waals surface area (Å²) in [5, 5.41) is 11.4. The van der Waals surface area contributed by atoms with Crippen molar-refractivity contribution in [2.24, 2.45) is 0 Å². The van der Waals surface area contributed by atoms with Crippen LogP contribution in [-0.2, 0) is 17.6 Å². The molecule has 5 heteroatoms. The van der Waals surface area contributed by atoms with E-state index in [4.69, 9.17) is 9.15 Å². The molecule has 0 saturated heterocycles. The molecule has 0 unspecified atom stereocenters. The van der Waals surface area contributed by atoms with Crippen LogP contribution >= 0.6 is 0 Å². The molecule has 1 aliphatic rings. The molecule has 1 heterocycles. The molecule has 1 aromatic rings. The van der Waals surface area contributed by atoms with Crippen LogP contribution in [0.25, 0.3) is 0 Å². The molecule has 0 spiro atoms. The Hall–Kier alpha value is -0.940. The standard InChI is InChI=1S/C12H21N3O2/c1-3-13-8-5-10-14-15-11(17-10)9-12(16-2)6-4-7-12/h13H,3-9H2,1-2H3. The number of hydrogen-bond acceptors (Lipinski definition) is 5. The van der Waals surface area contributed by atoms with Crippen molar-refractivity contribution in [2.75, 3.05) is 20.2 Å². The van der Waals surface area contributed by atoms with Gasteiger partial charge < -0.3 is 14.5 Å². The minimum atomic E-state index is -0.0362. The molecule has 1 fully saturated rings. The summed E-state index contributed by atoms with van der Waals surface area (Å²) < 4.78 is 11.2. The Morgan fingerprint density at radius 2 is 2.12 bits per heavy atom. The summed E-state index contributed by atoms with van der Waals surface area (Å²) in [5.41, 5.74) is -0.0362. The molecule has 0 bridgehead atoms. The number of aromatic nitrogens is 2. The van der Waals surface area contributed by atoms with Gasteiger partial charge in [0, 0.05) is 20.1 Å². The van der Waals surface area contributed by atoms with E-state index < -0.39 is 0 Å². The Labute approximate surface area is 102 Å². The molecule has 1 saturated carbocycles. The molecule has 0 aromatic carbocycles. The number of ether oxygens (including phenoxy) is 1. The Kier molecular flexibility index (Phi) is 4.12. The molecule has 0 atom stereocenters. The molecule has 1 N–H and O–H groups in total. The first kappa shape index (κ1) is 12.5. The molecule has 17 heavy (non-hydrogen) atoms. The quantitative estimate of drug-likeness (QED) is 0.727. The van der Waals surface area contributed by atoms with Crippen LogP contribution in [0.5, 0.6) is 0 Å². The van der Waals surface area contributed by atoms with Crippen LogP contribution in [0.3, 0.4) is 0 Å². The van der Waals surface area contributed by atoms with Gasteiger partial charge >= 0.3 is 0 Å². The maximum atomic E-state index is 5.62. The highest BCUT2D eigenvalue weighted by atomic mass is 16.5. The molecule has 0 amide bonds. The van der Waals surface area contributed by atoms with Gasteiger partial charge in [-0.1, -0.05) is 6.92 Å². The van der Waals surface area contributed by atoms with Gasteiger partial charge in [0.25, 0.3) is 0 Å². The van der Waals surface area contributed by atoms with E-state index in [1.165, 1.54) is 6.42 Å². The van der Waals surface area contributed by atoms with E-state index in [9.17, 15) is 0 Å². The van der Waals surface area contributed by atoms with Crippen LogP contribution in [0.15, 0.2) is 4.42 Å². The van der Waals surface area contributed by atoms with Crippen LogP contribution in [0.2, 0.25) is 0 Å². The molecule has 2 rings (SSSR count). The van der Waals surface area contributed by atoms with Crippen molar-refractivity contribution in [3.05, 3.63) is 11.8 Å². The van der Waals surface area contributed by atoms with E-state index in [1.807, 2.05) is 0 Å². The van der Waals surface area contributed by atoms with Crippen LogP contribution < -0.4 is 5.32 Å².